The molecule has 0 bridgehead atoms. The van der Waals surface area contributed by atoms with E-state index in [0.717, 1.165) is 54.9 Å². The van der Waals surface area contributed by atoms with Crippen molar-refractivity contribution in [2.45, 2.75) is 26.2 Å². The highest BCUT2D eigenvalue weighted by molar-refractivity contribution is 5.82. The van der Waals surface area contributed by atoms with Gasteiger partial charge >= 0.3 is 0 Å². The fraction of sp³-hybridized carbons (Fsp3) is 0.250. The maximum absolute atomic E-state index is 13.6. The van der Waals surface area contributed by atoms with Crippen molar-refractivity contribution in [1.29, 1.82) is 5.26 Å². The second-order valence-electron chi connectivity index (χ2n) is 9.04. The zero-order chi connectivity index (χ0) is 25.2. The second-order valence-corrected chi connectivity index (χ2v) is 9.04. The van der Waals surface area contributed by atoms with Gasteiger partial charge in [0.2, 0.25) is 0 Å². The molecule has 0 saturated carbocycles. The third kappa shape index (κ3) is 4.58. The topological polar surface area (TPSA) is 77.2 Å². The van der Waals surface area contributed by atoms with Crippen LogP contribution in [0.2, 0.25) is 0 Å². The summed E-state index contributed by atoms with van der Waals surface area (Å²) in [6.07, 6.45) is 3.62. The summed E-state index contributed by atoms with van der Waals surface area (Å²) in [7, 11) is 0. The van der Waals surface area contributed by atoms with Crippen molar-refractivity contribution in [3.05, 3.63) is 110 Å². The highest BCUT2D eigenvalue weighted by atomic mass is 19.1. The van der Waals surface area contributed by atoms with Crippen molar-refractivity contribution in [3.8, 4) is 6.07 Å². The van der Waals surface area contributed by atoms with Gasteiger partial charge in [-0.1, -0.05) is 29.8 Å². The summed E-state index contributed by atoms with van der Waals surface area (Å²) in [6.45, 7) is 4.22. The molecule has 0 radical (unpaired) electrons. The first-order valence-corrected chi connectivity index (χ1v) is 11.9. The van der Waals surface area contributed by atoms with Gasteiger partial charge in [-0.3, -0.25) is 4.79 Å². The van der Waals surface area contributed by atoms with Crippen LogP contribution in [-0.4, -0.2) is 38.9 Å². The van der Waals surface area contributed by atoms with E-state index in [2.05, 4.69) is 14.9 Å². The predicted molar refractivity (Wildman–Crippen MR) is 133 cm³/mol. The molecule has 0 atom stereocenters. The number of aromatic amines is 1. The minimum Gasteiger partial charge on any atom is -0.342 e. The molecular weight excluding hydrogens is 460 g/mol. The van der Waals surface area contributed by atoms with Gasteiger partial charge in [0, 0.05) is 30.9 Å². The molecule has 1 fully saturated rings. The van der Waals surface area contributed by atoms with Crippen molar-refractivity contribution in [2.75, 3.05) is 19.6 Å². The van der Waals surface area contributed by atoms with Gasteiger partial charge in [-0.2, -0.15) is 5.26 Å². The number of nitriles is 1. The number of fused-ring (bicyclic) bond motifs is 1. The molecule has 0 spiro atoms. The summed E-state index contributed by atoms with van der Waals surface area (Å²) in [5.41, 5.74) is 6.02. The molecule has 1 N–H and O–H groups in total. The standard InChI is InChI=1S/C28H25F2N5O/c1-18-24(28(36)35-17-32-25(16-31)27(35)33-18)12-15-34-13-10-21(11-14-34)26(19-2-6-22(29)7-3-19)20-4-8-23(30)9-5-20/h2-9,17,33H,10-15H2,1H3. The Bertz CT molecular complexity index is 1490. The third-order valence-electron chi connectivity index (χ3n) is 6.87. The number of rotatable bonds is 5. The number of aromatic nitrogens is 3. The number of hydrogen-bond donors (Lipinski definition) is 1. The summed E-state index contributed by atoms with van der Waals surface area (Å²) in [5.74, 6) is -0.583. The molecule has 4 aromatic rings. The van der Waals surface area contributed by atoms with E-state index < -0.39 is 0 Å². The quantitative estimate of drug-likeness (QED) is 0.448. The Morgan fingerprint density at radius 1 is 1.03 bits per heavy atom. The van der Waals surface area contributed by atoms with Gasteiger partial charge in [0.05, 0.1) is 0 Å². The van der Waals surface area contributed by atoms with Crippen LogP contribution < -0.4 is 5.56 Å². The lowest BCUT2D eigenvalue weighted by atomic mass is 9.88. The molecule has 1 aliphatic heterocycles. The van der Waals surface area contributed by atoms with Gasteiger partial charge in [0.25, 0.3) is 5.56 Å². The first-order valence-electron chi connectivity index (χ1n) is 11.9. The van der Waals surface area contributed by atoms with Gasteiger partial charge in [-0.05, 0) is 67.2 Å². The lowest BCUT2D eigenvalue weighted by Crippen LogP contribution is -2.34. The van der Waals surface area contributed by atoms with Crippen molar-refractivity contribution in [3.63, 3.8) is 0 Å². The van der Waals surface area contributed by atoms with Gasteiger partial charge in [0.1, 0.15) is 24.0 Å². The summed E-state index contributed by atoms with van der Waals surface area (Å²) >= 11 is 0. The van der Waals surface area contributed by atoms with Crippen LogP contribution in [0.5, 0.6) is 0 Å². The van der Waals surface area contributed by atoms with Gasteiger partial charge in [-0.25, -0.2) is 18.2 Å². The first-order chi connectivity index (χ1) is 17.4. The van der Waals surface area contributed by atoms with E-state index in [1.165, 1.54) is 40.6 Å². The third-order valence-corrected chi connectivity index (χ3v) is 6.87. The zero-order valence-electron chi connectivity index (χ0n) is 19.9. The molecule has 182 valence electrons. The van der Waals surface area contributed by atoms with Crippen LogP contribution in [0.25, 0.3) is 11.2 Å². The minimum atomic E-state index is -0.292. The van der Waals surface area contributed by atoms with E-state index in [4.69, 9.17) is 0 Å². The highest BCUT2D eigenvalue weighted by Gasteiger charge is 2.20. The Balaban J connectivity index is 1.35. The summed E-state index contributed by atoms with van der Waals surface area (Å²) < 4.78 is 28.5. The number of hydrogen-bond acceptors (Lipinski definition) is 4. The fourth-order valence-electron chi connectivity index (χ4n) is 4.93. The van der Waals surface area contributed by atoms with Crippen molar-refractivity contribution in [2.24, 2.45) is 0 Å². The predicted octanol–water partition coefficient (Wildman–Crippen LogP) is 4.62. The molecule has 0 amide bonds. The molecule has 3 heterocycles. The maximum Gasteiger partial charge on any atom is 0.262 e. The molecule has 1 saturated heterocycles. The zero-order valence-corrected chi connectivity index (χ0v) is 19.9. The largest absolute Gasteiger partial charge is 0.342 e. The van der Waals surface area contributed by atoms with Crippen LogP contribution in [0, 0.1) is 29.9 Å². The van der Waals surface area contributed by atoms with Crippen LogP contribution in [0.4, 0.5) is 8.78 Å². The first kappa shape index (κ1) is 23.6. The van der Waals surface area contributed by atoms with Crippen LogP contribution in [0.1, 0.15) is 40.9 Å². The number of halogens is 2. The van der Waals surface area contributed by atoms with Crippen LogP contribution in [0.3, 0.4) is 0 Å². The Morgan fingerprint density at radius 3 is 2.17 bits per heavy atom. The smallest absolute Gasteiger partial charge is 0.262 e. The molecule has 36 heavy (non-hydrogen) atoms. The number of aryl methyl sites for hydroxylation is 1. The summed E-state index contributed by atoms with van der Waals surface area (Å²) in [6, 6.07) is 14.9. The average Bonchev–Trinajstić information content (AvgIpc) is 3.30. The fourth-order valence-corrected chi connectivity index (χ4v) is 4.93. The number of nitrogens with zero attached hydrogens (tertiary/aromatic N) is 4. The van der Waals surface area contributed by atoms with Crippen LogP contribution in [-0.2, 0) is 6.42 Å². The maximum atomic E-state index is 13.6. The summed E-state index contributed by atoms with van der Waals surface area (Å²) in [5, 5.41) is 9.19. The molecule has 6 nitrogen and oxygen atoms in total. The monoisotopic (exact) mass is 485 g/mol. The minimum absolute atomic E-state index is 0.150. The number of H-pyrrole nitrogens is 1. The second kappa shape index (κ2) is 9.88. The van der Waals surface area contributed by atoms with Crippen molar-refractivity contribution >= 4 is 11.2 Å². The highest BCUT2D eigenvalue weighted by Crippen LogP contribution is 2.32. The van der Waals surface area contributed by atoms with E-state index in [9.17, 15) is 18.8 Å². The van der Waals surface area contributed by atoms with Crippen LogP contribution in [0.15, 0.2) is 65.2 Å². The number of benzene rings is 2. The Morgan fingerprint density at radius 2 is 1.61 bits per heavy atom. The SMILES string of the molecule is Cc1[nH]c2c(C#N)ncn2c(=O)c1CCN1CCC(=C(c2ccc(F)cc2)c2ccc(F)cc2)CC1. The number of likely N-dealkylation sites (tertiary alicyclic amines) is 1. The summed E-state index contributed by atoms with van der Waals surface area (Å²) in [4.78, 5) is 22.5. The average molecular weight is 486 g/mol. The van der Waals surface area contributed by atoms with E-state index in [1.54, 1.807) is 24.3 Å². The molecule has 1 aliphatic rings. The Kier molecular flexibility index (Phi) is 6.49. The molecule has 0 aliphatic carbocycles. The van der Waals surface area contributed by atoms with E-state index in [1.807, 2.05) is 13.0 Å². The van der Waals surface area contributed by atoms with E-state index in [0.29, 0.717) is 17.6 Å². The van der Waals surface area contributed by atoms with Gasteiger partial charge in [0.15, 0.2) is 11.3 Å². The van der Waals surface area contributed by atoms with Crippen molar-refractivity contribution in [1.82, 2.24) is 19.3 Å². The van der Waals surface area contributed by atoms with E-state index in [-0.39, 0.29) is 22.9 Å². The molecular formula is C28H25F2N5O. The molecule has 2 aromatic heterocycles. The lowest BCUT2D eigenvalue weighted by molar-refractivity contribution is 0.259. The number of piperidine rings is 1. The van der Waals surface area contributed by atoms with Crippen LogP contribution >= 0.6 is 0 Å². The molecule has 5 rings (SSSR count). The molecule has 0 unspecified atom stereocenters. The van der Waals surface area contributed by atoms with Gasteiger partial charge < -0.3 is 9.88 Å². The Labute approximate surface area is 207 Å². The number of nitrogens with one attached hydrogen (secondary N) is 1. The molecule has 2 aromatic carbocycles. The number of imidazole rings is 1. The van der Waals surface area contributed by atoms with Crippen molar-refractivity contribution < 1.29 is 8.78 Å². The lowest BCUT2D eigenvalue weighted by Gasteiger charge is -2.30. The van der Waals surface area contributed by atoms with E-state index >= 15 is 0 Å². The molecule has 8 heteroatoms. The normalized spacial score (nSPS) is 14.2. The van der Waals surface area contributed by atoms with Gasteiger partial charge in [-0.15, -0.1) is 0 Å². The Hall–Kier alpha value is -4.09.